The van der Waals surface area contributed by atoms with E-state index in [1.165, 1.54) is 18.7 Å². The monoisotopic (exact) mass is 402 g/mol. The van der Waals surface area contributed by atoms with E-state index in [-0.39, 0.29) is 23.5 Å². The molecule has 3 amide bonds. The Bertz CT molecular complexity index is 876. The third kappa shape index (κ3) is 4.89. The number of anilines is 1. The van der Waals surface area contributed by atoms with Gasteiger partial charge in [0.1, 0.15) is 6.33 Å². The van der Waals surface area contributed by atoms with E-state index in [0.717, 1.165) is 0 Å². The first-order chi connectivity index (χ1) is 13.4. The predicted octanol–water partition coefficient (Wildman–Crippen LogP) is 0.850. The highest BCUT2D eigenvalue weighted by Gasteiger charge is 2.23. The second-order valence-electron chi connectivity index (χ2n) is 6.44. The first-order valence-electron chi connectivity index (χ1n) is 8.85. The van der Waals surface area contributed by atoms with Crippen molar-refractivity contribution in [2.45, 2.75) is 12.1 Å². The predicted molar refractivity (Wildman–Crippen MR) is 105 cm³/mol. The molecule has 148 valence electrons. The van der Waals surface area contributed by atoms with Gasteiger partial charge < -0.3 is 19.7 Å². The van der Waals surface area contributed by atoms with Gasteiger partial charge in [-0.1, -0.05) is 17.8 Å². The van der Waals surface area contributed by atoms with Crippen molar-refractivity contribution in [3.63, 3.8) is 0 Å². The molecule has 3 rings (SSSR count). The zero-order valence-electron chi connectivity index (χ0n) is 15.8. The summed E-state index contributed by atoms with van der Waals surface area (Å²) in [5.41, 5.74) is 1.08. The van der Waals surface area contributed by atoms with Crippen LogP contribution in [0.1, 0.15) is 17.3 Å². The Morgan fingerprint density at radius 1 is 1.14 bits per heavy atom. The molecule has 1 fully saturated rings. The fraction of sp³-hybridized carbons (Fsp3) is 0.389. The minimum atomic E-state index is -0.187. The summed E-state index contributed by atoms with van der Waals surface area (Å²) in [6.45, 7) is 3.62. The molecule has 28 heavy (non-hydrogen) atoms. The molecule has 1 aromatic heterocycles. The first kappa shape index (κ1) is 19.9. The molecule has 0 unspecified atom stereocenters. The molecule has 9 nitrogen and oxygen atoms in total. The number of aromatic nitrogens is 3. The van der Waals surface area contributed by atoms with Gasteiger partial charge in [-0.15, -0.1) is 10.2 Å². The first-order valence-corrected chi connectivity index (χ1v) is 9.84. The average molecular weight is 402 g/mol. The summed E-state index contributed by atoms with van der Waals surface area (Å²) >= 11 is 1.29. The van der Waals surface area contributed by atoms with Crippen molar-refractivity contribution >= 4 is 35.2 Å². The maximum Gasteiger partial charge on any atom is 0.254 e. The maximum atomic E-state index is 12.7. The normalized spacial score (nSPS) is 14.1. The smallest absolute Gasteiger partial charge is 0.254 e. The number of nitrogens with one attached hydrogen (secondary N) is 1. The molecular weight excluding hydrogens is 380 g/mol. The lowest BCUT2D eigenvalue weighted by molar-refractivity contribution is -0.130. The highest BCUT2D eigenvalue weighted by Crippen LogP contribution is 2.17. The number of hydrogen-bond donors (Lipinski definition) is 1. The van der Waals surface area contributed by atoms with Crippen molar-refractivity contribution in [3.05, 3.63) is 36.2 Å². The highest BCUT2D eigenvalue weighted by molar-refractivity contribution is 7.99. The molecule has 2 aromatic rings. The van der Waals surface area contributed by atoms with Crippen LogP contribution >= 0.6 is 11.8 Å². The van der Waals surface area contributed by atoms with E-state index in [1.54, 1.807) is 45.0 Å². The van der Waals surface area contributed by atoms with Crippen LogP contribution in [-0.4, -0.2) is 74.2 Å². The van der Waals surface area contributed by atoms with E-state index in [9.17, 15) is 14.4 Å². The Morgan fingerprint density at radius 3 is 2.50 bits per heavy atom. The minimum absolute atomic E-state index is 0.0241. The summed E-state index contributed by atoms with van der Waals surface area (Å²) in [6, 6.07) is 6.88. The van der Waals surface area contributed by atoms with Crippen LogP contribution in [0.2, 0.25) is 0 Å². The third-order valence-electron chi connectivity index (χ3n) is 4.41. The number of benzene rings is 1. The second-order valence-corrected chi connectivity index (χ2v) is 7.38. The molecular formula is C18H22N6O3S. The van der Waals surface area contributed by atoms with E-state index in [1.807, 2.05) is 7.05 Å². The van der Waals surface area contributed by atoms with Gasteiger partial charge in [-0.3, -0.25) is 14.4 Å². The maximum absolute atomic E-state index is 12.7. The summed E-state index contributed by atoms with van der Waals surface area (Å²) in [5.74, 6) is -0.0750. The van der Waals surface area contributed by atoms with Gasteiger partial charge in [-0.2, -0.15) is 0 Å². The molecule has 0 atom stereocenters. The molecule has 0 bridgehead atoms. The molecule has 1 saturated heterocycles. The van der Waals surface area contributed by atoms with E-state index >= 15 is 0 Å². The second kappa shape index (κ2) is 8.87. The lowest BCUT2D eigenvalue weighted by Crippen LogP contribution is -2.50. The molecule has 0 spiro atoms. The Hall–Kier alpha value is -2.88. The molecule has 1 aliphatic rings. The number of aryl methyl sites for hydroxylation is 1. The van der Waals surface area contributed by atoms with Crippen LogP contribution in [0.3, 0.4) is 0 Å². The molecule has 1 N–H and O–H groups in total. The molecule has 10 heteroatoms. The van der Waals surface area contributed by atoms with Crippen LogP contribution in [0.5, 0.6) is 0 Å². The fourth-order valence-corrected chi connectivity index (χ4v) is 3.56. The van der Waals surface area contributed by atoms with Crippen molar-refractivity contribution in [3.8, 4) is 0 Å². The van der Waals surface area contributed by atoms with Crippen LogP contribution < -0.4 is 5.32 Å². The van der Waals surface area contributed by atoms with E-state index in [4.69, 9.17) is 0 Å². The van der Waals surface area contributed by atoms with Gasteiger partial charge in [-0.05, 0) is 18.2 Å². The van der Waals surface area contributed by atoms with Gasteiger partial charge in [0.15, 0.2) is 5.16 Å². The summed E-state index contributed by atoms with van der Waals surface area (Å²) in [4.78, 5) is 39.8. The number of rotatable bonds is 5. The standard InChI is InChI=1S/C18H22N6O3S/c1-13(25)23-6-8-24(9-7-23)17(27)14-4-3-5-15(10-14)20-16(26)11-28-18-21-19-12-22(18)2/h3-5,10,12H,6-9,11H2,1-2H3,(H,20,26). The van der Waals surface area contributed by atoms with E-state index in [0.29, 0.717) is 42.6 Å². The number of amides is 3. The van der Waals surface area contributed by atoms with E-state index < -0.39 is 0 Å². The van der Waals surface area contributed by atoms with Crippen molar-refractivity contribution in [2.24, 2.45) is 7.05 Å². The number of piperazine rings is 1. The summed E-state index contributed by atoms with van der Waals surface area (Å²) < 4.78 is 1.74. The SMILES string of the molecule is CC(=O)N1CCN(C(=O)c2cccc(NC(=O)CSc3nncn3C)c2)CC1. The Morgan fingerprint density at radius 2 is 1.86 bits per heavy atom. The van der Waals surface area contributed by atoms with Gasteiger partial charge in [0.25, 0.3) is 5.91 Å². The number of carbonyl (C=O) groups is 3. The van der Waals surface area contributed by atoms with E-state index in [2.05, 4.69) is 15.5 Å². The van der Waals surface area contributed by atoms with Gasteiger partial charge in [0.2, 0.25) is 11.8 Å². The molecule has 0 saturated carbocycles. The van der Waals surface area contributed by atoms with Crippen LogP contribution in [0.4, 0.5) is 5.69 Å². The van der Waals surface area contributed by atoms with Crippen molar-refractivity contribution in [2.75, 3.05) is 37.2 Å². The molecule has 1 aromatic carbocycles. The van der Waals surface area contributed by atoms with Gasteiger partial charge >= 0.3 is 0 Å². The number of thioether (sulfide) groups is 1. The van der Waals surface area contributed by atoms with Crippen molar-refractivity contribution in [1.82, 2.24) is 24.6 Å². The number of carbonyl (C=O) groups excluding carboxylic acids is 3. The Balaban J connectivity index is 1.56. The molecule has 0 aliphatic carbocycles. The van der Waals surface area contributed by atoms with Crippen molar-refractivity contribution in [1.29, 1.82) is 0 Å². The lowest BCUT2D eigenvalue weighted by Gasteiger charge is -2.34. The third-order valence-corrected chi connectivity index (χ3v) is 5.44. The Labute approximate surface area is 167 Å². The fourth-order valence-electron chi connectivity index (χ4n) is 2.87. The summed E-state index contributed by atoms with van der Waals surface area (Å²) in [5, 5.41) is 11.2. The minimum Gasteiger partial charge on any atom is -0.339 e. The van der Waals surface area contributed by atoms with Crippen LogP contribution in [0, 0.1) is 0 Å². The van der Waals surface area contributed by atoms with Gasteiger partial charge in [0, 0.05) is 51.4 Å². The topological polar surface area (TPSA) is 100 Å². The van der Waals surface area contributed by atoms with Crippen LogP contribution in [-0.2, 0) is 16.6 Å². The quantitative estimate of drug-likeness (QED) is 0.745. The van der Waals surface area contributed by atoms with Gasteiger partial charge in [0.05, 0.1) is 5.75 Å². The van der Waals surface area contributed by atoms with Gasteiger partial charge in [-0.25, -0.2) is 0 Å². The number of nitrogens with zero attached hydrogens (tertiary/aromatic N) is 5. The molecule has 0 radical (unpaired) electrons. The average Bonchev–Trinajstić information content (AvgIpc) is 3.11. The zero-order chi connectivity index (χ0) is 20.1. The highest BCUT2D eigenvalue weighted by atomic mass is 32.2. The lowest BCUT2D eigenvalue weighted by atomic mass is 10.1. The van der Waals surface area contributed by atoms with Crippen molar-refractivity contribution < 1.29 is 14.4 Å². The van der Waals surface area contributed by atoms with Crippen LogP contribution in [0.25, 0.3) is 0 Å². The zero-order valence-corrected chi connectivity index (χ0v) is 16.6. The summed E-state index contributed by atoms with van der Waals surface area (Å²) in [6.07, 6.45) is 1.57. The Kier molecular flexibility index (Phi) is 6.30. The largest absolute Gasteiger partial charge is 0.339 e. The molecule has 2 heterocycles. The van der Waals surface area contributed by atoms with Crippen LogP contribution in [0.15, 0.2) is 35.7 Å². The number of hydrogen-bond acceptors (Lipinski definition) is 6. The summed E-state index contributed by atoms with van der Waals surface area (Å²) in [7, 11) is 1.81. The molecule has 1 aliphatic heterocycles.